The molecule has 28 heavy (non-hydrogen) atoms. The Bertz CT molecular complexity index is 1150. The van der Waals surface area contributed by atoms with Crippen LogP contribution in [0.25, 0.3) is 5.78 Å². The van der Waals surface area contributed by atoms with Crippen molar-refractivity contribution in [3.8, 4) is 0 Å². The molecule has 8 nitrogen and oxygen atoms in total. The van der Waals surface area contributed by atoms with Gasteiger partial charge in [-0.1, -0.05) is 0 Å². The second-order valence-corrected chi connectivity index (χ2v) is 7.29. The van der Waals surface area contributed by atoms with Gasteiger partial charge >= 0.3 is 0 Å². The normalized spacial score (nSPS) is 11.0. The van der Waals surface area contributed by atoms with E-state index in [9.17, 15) is 4.79 Å². The van der Waals surface area contributed by atoms with Gasteiger partial charge in [-0.25, -0.2) is 19.5 Å². The van der Waals surface area contributed by atoms with Gasteiger partial charge in [0.15, 0.2) is 5.16 Å². The first-order chi connectivity index (χ1) is 13.5. The number of nitrogens with one attached hydrogen (secondary N) is 1. The topological polar surface area (TPSA) is 98.0 Å². The molecule has 0 radical (unpaired) electrons. The molecule has 0 fully saturated rings. The minimum absolute atomic E-state index is 0.0730. The minimum atomic E-state index is -0.386. The fourth-order valence-electron chi connectivity index (χ4n) is 2.64. The van der Waals surface area contributed by atoms with Gasteiger partial charge in [0.25, 0.3) is 11.7 Å². The van der Waals surface area contributed by atoms with Crippen LogP contribution in [0.4, 0.5) is 5.69 Å². The highest BCUT2D eigenvalue weighted by Gasteiger charge is 2.14. The predicted molar refractivity (Wildman–Crippen MR) is 106 cm³/mol. The molecular formula is C19H17N7OS. The molecule has 0 unspecified atom stereocenters. The van der Waals surface area contributed by atoms with Gasteiger partial charge < -0.3 is 5.32 Å². The van der Waals surface area contributed by atoms with Crippen molar-refractivity contribution in [3.63, 3.8) is 0 Å². The lowest BCUT2D eigenvalue weighted by Crippen LogP contribution is -2.14. The van der Waals surface area contributed by atoms with Gasteiger partial charge in [0.2, 0.25) is 5.82 Å². The number of carbonyl (C=O) groups excluding carboxylic acids is 1. The van der Waals surface area contributed by atoms with Crippen LogP contribution in [-0.4, -0.2) is 35.5 Å². The third kappa shape index (κ3) is 3.84. The summed E-state index contributed by atoms with van der Waals surface area (Å²) in [6.07, 6.45) is 1.64. The standard InChI is InChI=1S/C19H17N7OS/c1-11-10-12(2)22-19(21-11)28-15-6-4-14(5-7-15)23-17(27)16-24-18-20-9-8-13(3)26(18)25-16/h4-10H,1-3H3,(H,23,27). The van der Waals surface area contributed by atoms with Crippen molar-refractivity contribution in [1.82, 2.24) is 29.5 Å². The quantitative estimate of drug-likeness (QED) is 0.533. The predicted octanol–water partition coefficient (Wildman–Crippen LogP) is 3.24. The zero-order chi connectivity index (χ0) is 19.7. The fourth-order valence-corrected chi connectivity index (χ4v) is 3.50. The van der Waals surface area contributed by atoms with Crippen molar-refractivity contribution in [2.45, 2.75) is 30.8 Å². The molecule has 0 aliphatic carbocycles. The van der Waals surface area contributed by atoms with Crippen LogP contribution in [0.2, 0.25) is 0 Å². The first-order valence-electron chi connectivity index (χ1n) is 8.58. The number of hydrogen-bond acceptors (Lipinski definition) is 7. The lowest BCUT2D eigenvalue weighted by Gasteiger charge is -2.05. The van der Waals surface area contributed by atoms with E-state index in [0.29, 0.717) is 16.6 Å². The van der Waals surface area contributed by atoms with Crippen LogP contribution < -0.4 is 5.32 Å². The van der Waals surface area contributed by atoms with Crippen LogP contribution in [0.15, 0.2) is 52.6 Å². The smallest absolute Gasteiger partial charge is 0.295 e. The Morgan fingerprint density at radius 1 is 1.00 bits per heavy atom. The van der Waals surface area contributed by atoms with Gasteiger partial charge in [0, 0.05) is 33.9 Å². The highest BCUT2D eigenvalue weighted by Crippen LogP contribution is 2.26. The molecule has 3 aromatic heterocycles. The molecule has 0 aliphatic heterocycles. The lowest BCUT2D eigenvalue weighted by atomic mass is 10.3. The fraction of sp³-hybridized carbons (Fsp3) is 0.158. The SMILES string of the molecule is Cc1cc(C)nc(Sc2ccc(NC(=O)c3nc4nccc(C)n4n3)cc2)n1. The Labute approximate surface area is 165 Å². The van der Waals surface area contributed by atoms with Crippen molar-refractivity contribution >= 4 is 29.1 Å². The van der Waals surface area contributed by atoms with Crippen LogP contribution >= 0.6 is 11.8 Å². The molecule has 0 saturated heterocycles. The zero-order valence-electron chi connectivity index (χ0n) is 15.5. The first-order valence-corrected chi connectivity index (χ1v) is 9.39. The summed E-state index contributed by atoms with van der Waals surface area (Å²) in [5, 5.41) is 7.71. The highest BCUT2D eigenvalue weighted by molar-refractivity contribution is 7.99. The summed E-state index contributed by atoms with van der Waals surface area (Å²) in [5.74, 6) is 0.0807. The summed E-state index contributed by atoms with van der Waals surface area (Å²) >= 11 is 1.47. The molecule has 1 aromatic carbocycles. The summed E-state index contributed by atoms with van der Waals surface area (Å²) in [6, 6.07) is 11.2. The third-order valence-corrected chi connectivity index (χ3v) is 4.79. The average molecular weight is 391 g/mol. The number of rotatable bonds is 4. The molecule has 140 valence electrons. The van der Waals surface area contributed by atoms with Gasteiger partial charge in [-0.15, -0.1) is 5.10 Å². The monoisotopic (exact) mass is 391 g/mol. The van der Waals surface area contributed by atoms with Crippen molar-refractivity contribution < 1.29 is 4.79 Å². The molecule has 0 spiro atoms. The number of carbonyl (C=O) groups is 1. The number of aromatic nitrogens is 6. The first kappa shape index (κ1) is 18.1. The van der Waals surface area contributed by atoms with Gasteiger partial charge in [0.05, 0.1) is 0 Å². The summed E-state index contributed by atoms with van der Waals surface area (Å²) in [7, 11) is 0. The Morgan fingerprint density at radius 3 is 2.39 bits per heavy atom. The number of anilines is 1. The van der Waals surface area contributed by atoms with Crippen molar-refractivity contribution in [3.05, 3.63) is 65.5 Å². The number of hydrogen-bond donors (Lipinski definition) is 1. The number of benzene rings is 1. The lowest BCUT2D eigenvalue weighted by molar-refractivity contribution is 0.101. The van der Waals surface area contributed by atoms with E-state index in [1.807, 2.05) is 51.1 Å². The van der Waals surface area contributed by atoms with Crippen LogP contribution in [-0.2, 0) is 0 Å². The maximum atomic E-state index is 12.4. The summed E-state index contributed by atoms with van der Waals surface area (Å²) < 4.78 is 1.54. The van der Waals surface area contributed by atoms with Crippen molar-refractivity contribution in [1.29, 1.82) is 0 Å². The summed E-state index contributed by atoms with van der Waals surface area (Å²) in [4.78, 5) is 30.6. The maximum absolute atomic E-state index is 12.4. The largest absolute Gasteiger partial charge is 0.319 e. The van der Waals surface area contributed by atoms with E-state index in [0.717, 1.165) is 22.0 Å². The molecule has 4 rings (SSSR count). The van der Waals surface area contributed by atoms with Crippen molar-refractivity contribution in [2.24, 2.45) is 0 Å². The second-order valence-electron chi connectivity index (χ2n) is 6.25. The van der Waals surface area contributed by atoms with E-state index in [-0.39, 0.29) is 11.7 Å². The average Bonchev–Trinajstić information content (AvgIpc) is 3.08. The molecule has 0 saturated carbocycles. The Balaban J connectivity index is 1.47. The molecule has 4 aromatic rings. The van der Waals surface area contributed by atoms with Gasteiger partial charge in [-0.05, 0) is 68.9 Å². The van der Waals surface area contributed by atoms with E-state index in [1.165, 1.54) is 11.8 Å². The summed E-state index contributed by atoms with van der Waals surface area (Å²) in [6.45, 7) is 5.77. The summed E-state index contributed by atoms with van der Waals surface area (Å²) in [5.41, 5.74) is 3.37. The van der Waals surface area contributed by atoms with Crippen LogP contribution in [0, 0.1) is 20.8 Å². The molecule has 9 heteroatoms. The number of amides is 1. The molecule has 1 amide bonds. The van der Waals surface area contributed by atoms with E-state index in [2.05, 4.69) is 30.4 Å². The highest BCUT2D eigenvalue weighted by atomic mass is 32.2. The van der Waals surface area contributed by atoms with Gasteiger partial charge in [0.1, 0.15) is 0 Å². The van der Waals surface area contributed by atoms with Crippen LogP contribution in [0.3, 0.4) is 0 Å². The third-order valence-electron chi connectivity index (χ3n) is 3.92. The number of fused-ring (bicyclic) bond motifs is 1. The van der Waals surface area contributed by atoms with E-state index < -0.39 is 0 Å². The molecule has 0 atom stereocenters. The Hall–Kier alpha value is -3.33. The molecule has 1 N–H and O–H groups in total. The molecule has 0 bridgehead atoms. The molecule has 3 heterocycles. The van der Waals surface area contributed by atoms with Gasteiger partial charge in [-0.3, -0.25) is 4.79 Å². The number of nitrogens with zero attached hydrogens (tertiary/aromatic N) is 6. The Kier molecular flexibility index (Phi) is 4.74. The number of aryl methyl sites for hydroxylation is 3. The second kappa shape index (κ2) is 7.35. The van der Waals surface area contributed by atoms with Crippen LogP contribution in [0.5, 0.6) is 0 Å². The zero-order valence-corrected chi connectivity index (χ0v) is 16.4. The Morgan fingerprint density at radius 2 is 1.71 bits per heavy atom. The minimum Gasteiger partial charge on any atom is -0.319 e. The molecule has 0 aliphatic rings. The van der Waals surface area contributed by atoms with Gasteiger partial charge in [-0.2, -0.15) is 4.98 Å². The van der Waals surface area contributed by atoms with Crippen LogP contribution in [0.1, 0.15) is 27.7 Å². The van der Waals surface area contributed by atoms with E-state index in [1.54, 1.807) is 16.8 Å². The van der Waals surface area contributed by atoms with Crippen molar-refractivity contribution in [2.75, 3.05) is 5.32 Å². The maximum Gasteiger partial charge on any atom is 0.295 e. The van der Waals surface area contributed by atoms with E-state index >= 15 is 0 Å². The molecular weight excluding hydrogens is 374 g/mol. The van der Waals surface area contributed by atoms with E-state index in [4.69, 9.17) is 0 Å².